The van der Waals surface area contributed by atoms with Crippen LogP contribution in [0.4, 0.5) is 0 Å². The smallest absolute Gasteiger partial charge is 0.328 e. The number of aryl methyl sites for hydroxylation is 1. The second-order valence-corrected chi connectivity index (χ2v) is 5.72. The number of aromatic nitrogens is 2. The third kappa shape index (κ3) is 3.47. The van der Waals surface area contributed by atoms with Crippen molar-refractivity contribution >= 4 is 11.9 Å². The molecule has 0 bridgehead atoms. The number of esters is 1. The fraction of sp³-hybridized carbons (Fsp3) is 0.500. The number of methoxy groups -OCH3 is 1. The standard InChI is InChI=1S/C16H19N3O5/c1-10(16(21)22-2)19(11-5-6-11)14(20)8-7-13-17-15(18-24-13)12-4-3-9-23-12/h3-4,9-11H,5-8H2,1-2H3/t10-/m1/s1. The summed E-state index contributed by atoms with van der Waals surface area (Å²) in [6.45, 7) is 1.68. The number of carbonyl (C=O) groups excluding carboxylic acids is 2. The van der Waals surface area contributed by atoms with Crippen LogP contribution in [0.2, 0.25) is 0 Å². The minimum absolute atomic E-state index is 0.117. The molecular formula is C16H19N3O5. The van der Waals surface area contributed by atoms with Gasteiger partial charge in [0.2, 0.25) is 17.6 Å². The monoisotopic (exact) mass is 333 g/mol. The largest absolute Gasteiger partial charge is 0.467 e. The number of hydrogen-bond donors (Lipinski definition) is 0. The second kappa shape index (κ2) is 6.86. The Bertz CT molecular complexity index is 705. The van der Waals surface area contributed by atoms with Gasteiger partial charge in [0, 0.05) is 18.9 Å². The lowest BCUT2D eigenvalue weighted by Gasteiger charge is -2.27. The number of hydrogen-bond acceptors (Lipinski definition) is 7. The number of amides is 1. The quantitative estimate of drug-likeness (QED) is 0.713. The molecule has 1 fully saturated rings. The summed E-state index contributed by atoms with van der Waals surface area (Å²) < 4.78 is 15.1. The molecule has 8 nitrogen and oxygen atoms in total. The van der Waals surface area contributed by atoms with Crippen molar-refractivity contribution in [3.8, 4) is 11.6 Å². The summed E-state index contributed by atoms with van der Waals surface area (Å²) in [5, 5.41) is 3.83. The molecule has 0 unspecified atom stereocenters. The zero-order valence-corrected chi connectivity index (χ0v) is 13.6. The van der Waals surface area contributed by atoms with Gasteiger partial charge in [0.1, 0.15) is 6.04 Å². The summed E-state index contributed by atoms with van der Waals surface area (Å²) in [4.78, 5) is 30.1. The van der Waals surface area contributed by atoms with Crippen molar-refractivity contribution in [2.24, 2.45) is 0 Å². The second-order valence-electron chi connectivity index (χ2n) is 5.72. The van der Waals surface area contributed by atoms with E-state index < -0.39 is 12.0 Å². The average Bonchev–Trinajstić information content (AvgIpc) is 3.08. The van der Waals surface area contributed by atoms with Crippen LogP contribution in [-0.2, 0) is 20.7 Å². The van der Waals surface area contributed by atoms with Crippen molar-refractivity contribution in [1.29, 1.82) is 0 Å². The lowest BCUT2D eigenvalue weighted by Crippen LogP contribution is -2.45. The van der Waals surface area contributed by atoms with Gasteiger partial charge < -0.3 is 18.6 Å². The molecule has 0 spiro atoms. The summed E-state index contributed by atoms with van der Waals surface area (Å²) >= 11 is 0. The molecule has 8 heteroatoms. The van der Waals surface area contributed by atoms with Gasteiger partial charge in [-0.05, 0) is 31.9 Å². The molecule has 0 N–H and O–H groups in total. The molecule has 2 aromatic rings. The van der Waals surface area contributed by atoms with Crippen LogP contribution >= 0.6 is 0 Å². The lowest BCUT2D eigenvalue weighted by molar-refractivity contribution is -0.152. The molecule has 2 aromatic heterocycles. The zero-order valence-electron chi connectivity index (χ0n) is 13.6. The van der Waals surface area contributed by atoms with Crippen LogP contribution in [0, 0.1) is 0 Å². The predicted octanol–water partition coefficient (Wildman–Crippen LogP) is 1.81. The number of carbonyl (C=O) groups is 2. The Morgan fingerprint density at radius 2 is 2.25 bits per heavy atom. The maximum absolute atomic E-state index is 12.5. The highest BCUT2D eigenvalue weighted by Gasteiger charge is 2.38. The minimum Gasteiger partial charge on any atom is -0.467 e. The summed E-state index contributed by atoms with van der Waals surface area (Å²) in [5.41, 5.74) is 0. The van der Waals surface area contributed by atoms with Gasteiger partial charge >= 0.3 is 5.97 Å². The van der Waals surface area contributed by atoms with Gasteiger partial charge in [-0.1, -0.05) is 5.16 Å². The number of rotatable bonds is 7. The van der Waals surface area contributed by atoms with E-state index in [9.17, 15) is 9.59 Å². The normalized spacial score (nSPS) is 15.1. The Hall–Kier alpha value is -2.64. The van der Waals surface area contributed by atoms with E-state index in [-0.39, 0.29) is 18.4 Å². The van der Waals surface area contributed by atoms with E-state index in [0.29, 0.717) is 23.9 Å². The number of ether oxygens (including phenoxy) is 1. The average molecular weight is 333 g/mol. The molecular weight excluding hydrogens is 314 g/mol. The van der Waals surface area contributed by atoms with Crippen molar-refractivity contribution in [2.75, 3.05) is 7.11 Å². The molecule has 1 saturated carbocycles. The molecule has 0 saturated heterocycles. The first-order valence-corrected chi connectivity index (χ1v) is 7.85. The Balaban J connectivity index is 1.60. The highest BCUT2D eigenvalue weighted by atomic mass is 16.5. The summed E-state index contributed by atoms with van der Waals surface area (Å²) in [6.07, 6.45) is 3.85. The maximum Gasteiger partial charge on any atom is 0.328 e. The van der Waals surface area contributed by atoms with Crippen LogP contribution in [0.15, 0.2) is 27.3 Å². The number of furan rings is 1. The van der Waals surface area contributed by atoms with Crippen molar-refractivity contribution in [1.82, 2.24) is 15.0 Å². The van der Waals surface area contributed by atoms with Crippen LogP contribution in [0.1, 0.15) is 32.1 Å². The van der Waals surface area contributed by atoms with E-state index in [1.54, 1.807) is 24.0 Å². The van der Waals surface area contributed by atoms with Crippen LogP contribution in [0.25, 0.3) is 11.6 Å². The Morgan fingerprint density at radius 1 is 1.46 bits per heavy atom. The van der Waals surface area contributed by atoms with Crippen molar-refractivity contribution in [2.45, 2.75) is 44.7 Å². The molecule has 128 valence electrons. The van der Waals surface area contributed by atoms with Crippen LogP contribution in [0.3, 0.4) is 0 Å². The molecule has 3 rings (SSSR count). The van der Waals surface area contributed by atoms with E-state index in [2.05, 4.69) is 10.1 Å². The Labute approximate surface area is 138 Å². The summed E-state index contributed by atoms with van der Waals surface area (Å²) in [6, 6.07) is 2.99. The molecule has 0 aromatic carbocycles. The van der Waals surface area contributed by atoms with Crippen LogP contribution in [0.5, 0.6) is 0 Å². The van der Waals surface area contributed by atoms with Crippen molar-refractivity contribution < 1.29 is 23.3 Å². The molecule has 1 atom stereocenters. The third-order valence-electron chi connectivity index (χ3n) is 3.95. The maximum atomic E-state index is 12.5. The predicted molar refractivity (Wildman–Crippen MR) is 81.7 cm³/mol. The van der Waals surface area contributed by atoms with Gasteiger partial charge in [-0.25, -0.2) is 4.79 Å². The Kier molecular flexibility index (Phi) is 4.64. The highest BCUT2D eigenvalue weighted by molar-refractivity contribution is 5.84. The van der Waals surface area contributed by atoms with Crippen LogP contribution < -0.4 is 0 Å². The molecule has 2 heterocycles. The van der Waals surface area contributed by atoms with Gasteiger partial charge in [-0.15, -0.1) is 0 Å². The van der Waals surface area contributed by atoms with Gasteiger partial charge in [0.05, 0.1) is 13.4 Å². The van der Waals surface area contributed by atoms with Crippen LogP contribution in [-0.4, -0.2) is 46.1 Å². The van der Waals surface area contributed by atoms with Crippen molar-refractivity contribution in [3.63, 3.8) is 0 Å². The van der Waals surface area contributed by atoms with Gasteiger partial charge in [-0.2, -0.15) is 4.98 Å². The fourth-order valence-electron chi connectivity index (χ4n) is 2.58. The van der Waals surface area contributed by atoms with Gasteiger partial charge in [0.25, 0.3) is 0 Å². The van der Waals surface area contributed by atoms with Crippen molar-refractivity contribution in [3.05, 3.63) is 24.3 Å². The lowest BCUT2D eigenvalue weighted by atomic mass is 10.2. The summed E-state index contributed by atoms with van der Waals surface area (Å²) in [7, 11) is 1.32. The van der Waals surface area contributed by atoms with E-state index in [0.717, 1.165) is 12.8 Å². The van der Waals surface area contributed by atoms with E-state index in [4.69, 9.17) is 13.7 Å². The van der Waals surface area contributed by atoms with E-state index in [1.807, 2.05) is 0 Å². The molecule has 0 aliphatic heterocycles. The fourth-order valence-corrected chi connectivity index (χ4v) is 2.58. The zero-order chi connectivity index (χ0) is 17.1. The number of nitrogens with zero attached hydrogens (tertiary/aromatic N) is 3. The molecule has 24 heavy (non-hydrogen) atoms. The molecule has 1 aliphatic rings. The first-order valence-electron chi connectivity index (χ1n) is 7.85. The Morgan fingerprint density at radius 3 is 2.88 bits per heavy atom. The molecule has 0 radical (unpaired) electrons. The third-order valence-corrected chi connectivity index (χ3v) is 3.95. The highest BCUT2D eigenvalue weighted by Crippen LogP contribution is 2.30. The molecule has 1 amide bonds. The topological polar surface area (TPSA) is 98.7 Å². The molecule has 1 aliphatic carbocycles. The minimum atomic E-state index is -0.587. The SMILES string of the molecule is COC(=O)[C@@H](C)N(C(=O)CCc1nc(-c2ccco2)no1)C1CC1. The van der Waals surface area contributed by atoms with Gasteiger partial charge in [-0.3, -0.25) is 4.79 Å². The van der Waals surface area contributed by atoms with E-state index in [1.165, 1.54) is 13.4 Å². The summed E-state index contributed by atoms with van der Waals surface area (Å²) in [5.74, 6) is 0.692. The first kappa shape index (κ1) is 16.2. The van der Waals surface area contributed by atoms with E-state index >= 15 is 0 Å². The first-order chi connectivity index (χ1) is 11.6. The van der Waals surface area contributed by atoms with Gasteiger partial charge in [0.15, 0.2) is 5.76 Å².